The molecule has 2 heterocycles. The number of aryl methyl sites for hydroxylation is 1. The van der Waals surface area contributed by atoms with Crippen molar-refractivity contribution in [3.8, 4) is 0 Å². The maximum atomic E-state index is 11.8. The Morgan fingerprint density at radius 1 is 1.38 bits per heavy atom. The van der Waals surface area contributed by atoms with Crippen molar-refractivity contribution in [2.24, 2.45) is 0 Å². The molecule has 3 rings (SSSR count). The van der Waals surface area contributed by atoms with Gasteiger partial charge >= 0.3 is 0 Å². The number of benzene rings is 1. The third-order valence-corrected chi connectivity index (χ3v) is 3.25. The highest BCUT2D eigenvalue weighted by atomic mass is 35.5. The fourth-order valence-corrected chi connectivity index (χ4v) is 2.59. The van der Waals surface area contributed by atoms with Crippen LogP contribution in [0.4, 0.5) is 0 Å². The zero-order valence-electron chi connectivity index (χ0n) is 8.86. The van der Waals surface area contributed by atoms with E-state index >= 15 is 0 Å². The first-order valence-corrected chi connectivity index (χ1v) is 5.63. The molecular formula is C12H11ClN2O. The number of fused-ring (bicyclic) bond motifs is 3. The minimum absolute atomic E-state index is 0.00540. The van der Waals surface area contributed by atoms with Gasteiger partial charge in [0, 0.05) is 34.6 Å². The summed E-state index contributed by atoms with van der Waals surface area (Å²) >= 11 is 6.03. The first-order valence-electron chi connectivity index (χ1n) is 5.25. The first kappa shape index (κ1) is 9.73. The third kappa shape index (κ3) is 1.25. The van der Waals surface area contributed by atoms with Crippen LogP contribution < -0.4 is 5.32 Å². The Balaban J connectivity index is 2.42. The van der Waals surface area contributed by atoms with Gasteiger partial charge in [-0.2, -0.15) is 0 Å². The van der Waals surface area contributed by atoms with Crippen LogP contribution in [0.3, 0.4) is 0 Å². The van der Waals surface area contributed by atoms with Gasteiger partial charge in [-0.1, -0.05) is 11.6 Å². The zero-order chi connectivity index (χ0) is 11.3. The van der Waals surface area contributed by atoms with E-state index in [9.17, 15) is 4.79 Å². The van der Waals surface area contributed by atoms with Gasteiger partial charge in [-0.25, -0.2) is 0 Å². The predicted molar refractivity (Wildman–Crippen MR) is 64.1 cm³/mol. The molecule has 1 aliphatic rings. The molecule has 4 heteroatoms. The van der Waals surface area contributed by atoms with E-state index in [-0.39, 0.29) is 5.91 Å². The summed E-state index contributed by atoms with van der Waals surface area (Å²) < 4.78 is 0. The Morgan fingerprint density at radius 3 is 3.00 bits per heavy atom. The number of hydrogen-bond donors (Lipinski definition) is 2. The van der Waals surface area contributed by atoms with Crippen LogP contribution in [-0.4, -0.2) is 17.4 Å². The molecule has 0 atom stereocenters. The number of carbonyl (C=O) groups excluding carboxylic acids is 1. The standard InChI is InChI=1S/C12H11ClN2O/c1-6-4-7(13)5-8-10-9(15-11(6)8)2-3-14-12(10)16/h4-5,15H,2-3H2,1H3,(H,14,16). The molecule has 0 unspecified atom stereocenters. The van der Waals surface area contributed by atoms with Crippen LogP contribution in [0, 0.1) is 6.92 Å². The Morgan fingerprint density at radius 2 is 2.19 bits per heavy atom. The second-order valence-corrected chi connectivity index (χ2v) is 4.57. The average molecular weight is 235 g/mol. The lowest BCUT2D eigenvalue weighted by atomic mass is 10.0. The second kappa shape index (κ2) is 3.25. The van der Waals surface area contributed by atoms with Gasteiger partial charge in [-0.3, -0.25) is 4.79 Å². The van der Waals surface area contributed by atoms with Crippen LogP contribution in [0.25, 0.3) is 10.9 Å². The fourth-order valence-electron chi connectivity index (χ4n) is 2.32. The Bertz CT molecular complexity index is 601. The van der Waals surface area contributed by atoms with Crippen molar-refractivity contribution in [1.29, 1.82) is 0 Å². The summed E-state index contributed by atoms with van der Waals surface area (Å²) in [5.41, 5.74) is 3.87. The van der Waals surface area contributed by atoms with E-state index in [0.717, 1.165) is 34.1 Å². The third-order valence-electron chi connectivity index (χ3n) is 3.03. The van der Waals surface area contributed by atoms with Crippen LogP contribution >= 0.6 is 11.6 Å². The van der Waals surface area contributed by atoms with Crippen molar-refractivity contribution >= 4 is 28.4 Å². The van der Waals surface area contributed by atoms with E-state index in [4.69, 9.17) is 11.6 Å². The molecule has 1 aliphatic heterocycles. The molecule has 1 aromatic heterocycles. The maximum Gasteiger partial charge on any atom is 0.253 e. The average Bonchev–Trinajstić information content (AvgIpc) is 2.58. The molecule has 0 radical (unpaired) electrons. The van der Waals surface area contributed by atoms with Gasteiger partial charge in [0.25, 0.3) is 5.91 Å². The minimum atomic E-state index is -0.00540. The summed E-state index contributed by atoms with van der Waals surface area (Å²) in [6.45, 7) is 2.69. The van der Waals surface area contributed by atoms with E-state index in [1.54, 1.807) is 0 Å². The summed E-state index contributed by atoms with van der Waals surface area (Å²) in [4.78, 5) is 15.1. The second-order valence-electron chi connectivity index (χ2n) is 4.13. The number of aromatic amines is 1. The smallest absolute Gasteiger partial charge is 0.253 e. The summed E-state index contributed by atoms with van der Waals surface area (Å²) in [7, 11) is 0. The van der Waals surface area contributed by atoms with Crippen LogP contribution in [0.5, 0.6) is 0 Å². The van der Waals surface area contributed by atoms with Crippen molar-refractivity contribution in [2.45, 2.75) is 13.3 Å². The van der Waals surface area contributed by atoms with E-state index in [0.29, 0.717) is 11.6 Å². The summed E-state index contributed by atoms with van der Waals surface area (Å²) in [6.07, 6.45) is 0.854. The highest BCUT2D eigenvalue weighted by Gasteiger charge is 2.22. The van der Waals surface area contributed by atoms with Gasteiger partial charge in [0.15, 0.2) is 0 Å². The van der Waals surface area contributed by atoms with Crippen molar-refractivity contribution in [2.75, 3.05) is 6.54 Å². The molecule has 16 heavy (non-hydrogen) atoms. The molecule has 2 N–H and O–H groups in total. The Kier molecular flexibility index (Phi) is 1.98. The number of aromatic nitrogens is 1. The predicted octanol–water partition coefficient (Wildman–Crippen LogP) is 2.42. The van der Waals surface area contributed by atoms with Gasteiger partial charge in [0.1, 0.15) is 0 Å². The van der Waals surface area contributed by atoms with Crippen LogP contribution in [0.15, 0.2) is 12.1 Å². The normalized spacial score (nSPS) is 15.0. The molecule has 0 saturated heterocycles. The highest BCUT2D eigenvalue weighted by Crippen LogP contribution is 2.29. The van der Waals surface area contributed by atoms with Crippen molar-refractivity contribution in [3.05, 3.63) is 34.0 Å². The molecule has 0 aliphatic carbocycles. The quantitative estimate of drug-likeness (QED) is 0.723. The molecule has 0 bridgehead atoms. The molecule has 2 aromatic rings. The summed E-state index contributed by atoms with van der Waals surface area (Å²) in [5.74, 6) is -0.00540. The molecule has 0 saturated carbocycles. The lowest BCUT2D eigenvalue weighted by Crippen LogP contribution is -2.31. The van der Waals surface area contributed by atoms with Crippen molar-refractivity contribution < 1.29 is 4.79 Å². The van der Waals surface area contributed by atoms with Gasteiger partial charge in [0.05, 0.1) is 5.56 Å². The number of nitrogens with one attached hydrogen (secondary N) is 2. The number of carbonyl (C=O) groups is 1. The van der Waals surface area contributed by atoms with E-state index < -0.39 is 0 Å². The fraction of sp³-hybridized carbons (Fsp3) is 0.250. The van der Waals surface area contributed by atoms with Gasteiger partial charge in [-0.05, 0) is 24.6 Å². The SMILES string of the molecule is Cc1cc(Cl)cc2c3c([nH]c12)CCNC3=O. The monoisotopic (exact) mass is 234 g/mol. The zero-order valence-corrected chi connectivity index (χ0v) is 9.61. The lowest BCUT2D eigenvalue weighted by molar-refractivity contribution is 0.0947. The summed E-state index contributed by atoms with van der Waals surface area (Å²) in [6, 6.07) is 3.76. The molecule has 1 aromatic carbocycles. The minimum Gasteiger partial charge on any atom is -0.357 e. The lowest BCUT2D eigenvalue weighted by Gasteiger charge is -2.11. The highest BCUT2D eigenvalue weighted by molar-refractivity contribution is 6.31. The molecule has 3 nitrogen and oxygen atoms in total. The van der Waals surface area contributed by atoms with Crippen LogP contribution in [0.1, 0.15) is 21.6 Å². The van der Waals surface area contributed by atoms with Crippen LogP contribution in [0.2, 0.25) is 5.02 Å². The molecule has 0 spiro atoms. The number of halogens is 1. The molecule has 1 amide bonds. The Labute approximate surface area is 97.8 Å². The van der Waals surface area contributed by atoms with Crippen molar-refractivity contribution in [1.82, 2.24) is 10.3 Å². The maximum absolute atomic E-state index is 11.8. The number of hydrogen-bond acceptors (Lipinski definition) is 1. The number of H-pyrrole nitrogens is 1. The molecule has 82 valence electrons. The van der Waals surface area contributed by atoms with E-state index in [2.05, 4.69) is 10.3 Å². The van der Waals surface area contributed by atoms with Gasteiger partial charge in [0.2, 0.25) is 0 Å². The van der Waals surface area contributed by atoms with Crippen molar-refractivity contribution in [3.63, 3.8) is 0 Å². The number of rotatable bonds is 0. The molecular weight excluding hydrogens is 224 g/mol. The molecule has 0 fully saturated rings. The van der Waals surface area contributed by atoms with Crippen LogP contribution in [-0.2, 0) is 6.42 Å². The largest absolute Gasteiger partial charge is 0.357 e. The summed E-state index contributed by atoms with van der Waals surface area (Å²) in [5, 5.41) is 4.45. The number of amides is 1. The first-order chi connectivity index (χ1) is 7.66. The van der Waals surface area contributed by atoms with Gasteiger partial charge < -0.3 is 10.3 Å². The van der Waals surface area contributed by atoms with Gasteiger partial charge in [-0.15, -0.1) is 0 Å². The topological polar surface area (TPSA) is 44.9 Å². The Hall–Kier alpha value is -1.48. The van der Waals surface area contributed by atoms with E-state index in [1.807, 2.05) is 19.1 Å². The van der Waals surface area contributed by atoms with E-state index in [1.165, 1.54) is 0 Å².